The molecule has 5 nitrogen and oxygen atoms in total. The van der Waals surface area contributed by atoms with Crippen LogP contribution in [-0.4, -0.2) is 31.2 Å². The number of amides is 2. The molecule has 0 unspecified atom stereocenters. The Balaban J connectivity index is 2.52. The highest BCUT2D eigenvalue weighted by Crippen LogP contribution is 2.14. The van der Waals surface area contributed by atoms with E-state index in [-0.39, 0.29) is 11.9 Å². The van der Waals surface area contributed by atoms with Gasteiger partial charge in [0.25, 0.3) is 5.91 Å². The Kier molecular flexibility index (Phi) is 7.22. The van der Waals surface area contributed by atoms with Crippen molar-refractivity contribution in [1.82, 2.24) is 10.6 Å². The molecule has 118 valence electrons. The van der Waals surface area contributed by atoms with Crippen molar-refractivity contribution in [3.05, 3.63) is 21.9 Å². The van der Waals surface area contributed by atoms with Crippen molar-refractivity contribution in [3.63, 3.8) is 0 Å². The highest BCUT2D eigenvalue weighted by Gasteiger charge is 2.16. The molecule has 0 bridgehead atoms. The lowest BCUT2D eigenvalue weighted by atomic mass is 10.0. The van der Waals surface area contributed by atoms with E-state index in [1.165, 1.54) is 11.3 Å². The Bertz CT molecular complexity index is 471. The number of nitrogens with one attached hydrogen (secondary N) is 2. The highest BCUT2D eigenvalue weighted by atomic mass is 32.1. The van der Waals surface area contributed by atoms with Gasteiger partial charge in [0.2, 0.25) is 0 Å². The first-order valence-electron chi connectivity index (χ1n) is 7.20. The van der Waals surface area contributed by atoms with Crippen LogP contribution >= 0.6 is 11.3 Å². The van der Waals surface area contributed by atoms with Gasteiger partial charge in [0.1, 0.15) is 0 Å². The molecule has 0 aromatic carbocycles. The zero-order valence-electron chi connectivity index (χ0n) is 13.1. The predicted molar refractivity (Wildman–Crippen MR) is 84.8 cm³/mol. The number of carbonyl (C=O) groups is 2. The van der Waals surface area contributed by atoms with E-state index in [1.807, 2.05) is 19.1 Å². The number of carbonyl (C=O) groups excluding carboxylic acids is 2. The van der Waals surface area contributed by atoms with Crippen molar-refractivity contribution in [3.8, 4) is 0 Å². The largest absolute Gasteiger partial charge is 0.450 e. The van der Waals surface area contributed by atoms with Crippen LogP contribution in [-0.2, 0) is 4.74 Å². The van der Waals surface area contributed by atoms with Crippen LogP contribution in [0.2, 0.25) is 0 Å². The van der Waals surface area contributed by atoms with E-state index >= 15 is 0 Å². The van der Waals surface area contributed by atoms with Gasteiger partial charge in [0, 0.05) is 17.5 Å². The summed E-state index contributed by atoms with van der Waals surface area (Å²) in [5.41, 5.74) is 0. The van der Waals surface area contributed by atoms with Crippen LogP contribution in [0.5, 0.6) is 0 Å². The molecule has 1 aromatic heterocycles. The van der Waals surface area contributed by atoms with Crippen molar-refractivity contribution in [2.75, 3.05) is 13.2 Å². The molecule has 0 aliphatic rings. The summed E-state index contributed by atoms with van der Waals surface area (Å²) in [6, 6.07) is 3.60. The summed E-state index contributed by atoms with van der Waals surface area (Å²) in [7, 11) is 0. The number of alkyl carbamates (subject to hydrolysis) is 1. The first kappa shape index (κ1) is 17.5. The van der Waals surface area contributed by atoms with Crippen LogP contribution in [0.4, 0.5) is 4.79 Å². The van der Waals surface area contributed by atoms with Crippen molar-refractivity contribution in [1.29, 1.82) is 0 Å². The Hall–Kier alpha value is -1.56. The van der Waals surface area contributed by atoms with Crippen LogP contribution in [0.1, 0.15) is 41.7 Å². The fourth-order valence-corrected chi connectivity index (χ4v) is 2.75. The van der Waals surface area contributed by atoms with Crippen molar-refractivity contribution >= 4 is 23.3 Å². The molecule has 6 heteroatoms. The molecule has 0 aliphatic heterocycles. The van der Waals surface area contributed by atoms with Crippen molar-refractivity contribution < 1.29 is 14.3 Å². The smallest absolute Gasteiger partial charge is 0.407 e. The first-order valence-corrected chi connectivity index (χ1v) is 8.02. The average molecular weight is 312 g/mol. The zero-order chi connectivity index (χ0) is 15.8. The van der Waals surface area contributed by atoms with E-state index in [0.29, 0.717) is 23.9 Å². The zero-order valence-corrected chi connectivity index (χ0v) is 13.9. The third-order valence-electron chi connectivity index (χ3n) is 2.83. The average Bonchev–Trinajstić information content (AvgIpc) is 2.82. The van der Waals surface area contributed by atoms with Gasteiger partial charge in [-0.05, 0) is 38.3 Å². The minimum atomic E-state index is -0.440. The lowest BCUT2D eigenvalue weighted by Gasteiger charge is -2.20. The standard InChI is InChI=1S/C15H24N2O3S/c1-5-20-15(19)17-12(8-10(2)3)9-16-14(18)13-7-6-11(4)21-13/h6-7,10,12H,5,8-9H2,1-4H3,(H,16,18)(H,17,19)/t12-/m1/s1. The minimum Gasteiger partial charge on any atom is -0.450 e. The second-order valence-corrected chi connectivity index (χ2v) is 6.60. The van der Waals surface area contributed by atoms with E-state index in [1.54, 1.807) is 6.92 Å². The van der Waals surface area contributed by atoms with E-state index in [0.717, 1.165) is 11.3 Å². The second-order valence-electron chi connectivity index (χ2n) is 5.31. The Morgan fingerprint density at radius 2 is 2.05 bits per heavy atom. The summed E-state index contributed by atoms with van der Waals surface area (Å²) < 4.78 is 4.89. The Morgan fingerprint density at radius 1 is 1.33 bits per heavy atom. The molecule has 2 amide bonds. The molecule has 0 spiro atoms. The lowest BCUT2D eigenvalue weighted by Crippen LogP contribution is -2.44. The van der Waals surface area contributed by atoms with E-state index < -0.39 is 6.09 Å². The van der Waals surface area contributed by atoms with Gasteiger partial charge >= 0.3 is 6.09 Å². The maximum absolute atomic E-state index is 12.0. The molecule has 0 saturated carbocycles. The summed E-state index contributed by atoms with van der Waals surface area (Å²) in [6.07, 6.45) is 0.340. The van der Waals surface area contributed by atoms with E-state index in [2.05, 4.69) is 24.5 Å². The summed E-state index contributed by atoms with van der Waals surface area (Å²) in [4.78, 5) is 25.3. The monoisotopic (exact) mass is 312 g/mol. The quantitative estimate of drug-likeness (QED) is 0.813. The third kappa shape index (κ3) is 6.62. The second kappa shape index (κ2) is 8.67. The van der Waals surface area contributed by atoms with E-state index in [9.17, 15) is 9.59 Å². The van der Waals surface area contributed by atoms with Crippen molar-refractivity contribution in [2.24, 2.45) is 5.92 Å². The number of rotatable bonds is 7. The molecule has 21 heavy (non-hydrogen) atoms. The number of thiophene rings is 1. The van der Waals surface area contributed by atoms with Gasteiger partial charge in [-0.3, -0.25) is 4.79 Å². The summed E-state index contributed by atoms with van der Waals surface area (Å²) >= 11 is 1.46. The molecule has 0 saturated heterocycles. The van der Waals surface area contributed by atoms with Gasteiger partial charge in [-0.1, -0.05) is 13.8 Å². The fourth-order valence-electron chi connectivity index (χ4n) is 1.96. The van der Waals surface area contributed by atoms with Crippen molar-refractivity contribution in [2.45, 2.75) is 40.2 Å². The Labute approximate surface area is 130 Å². The van der Waals surface area contributed by atoms with E-state index in [4.69, 9.17) is 4.74 Å². The number of hydrogen-bond donors (Lipinski definition) is 2. The van der Waals surface area contributed by atoms with Gasteiger partial charge in [0.15, 0.2) is 0 Å². The van der Waals surface area contributed by atoms with Crippen LogP contribution in [0.3, 0.4) is 0 Å². The van der Waals surface area contributed by atoms with Gasteiger partial charge in [0.05, 0.1) is 11.5 Å². The molecule has 1 atom stereocenters. The summed E-state index contributed by atoms with van der Waals surface area (Å²) in [5, 5.41) is 5.66. The number of aryl methyl sites for hydroxylation is 1. The molecular weight excluding hydrogens is 288 g/mol. The van der Waals surface area contributed by atoms with Crippen LogP contribution in [0.25, 0.3) is 0 Å². The van der Waals surface area contributed by atoms with Crippen LogP contribution in [0, 0.1) is 12.8 Å². The first-order chi connectivity index (χ1) is 9.92. The normalized spacial score (nSPS) is 12.0. The molecule has 0 aliphatic carbocycles. The molecule has 1 heterocycles. The maximum Gasteiger partial charge on any atom is 0.407 e. The predicted octanol–water partition coefficient (Wildman–Crippen LogP) is 2.95. The van der Waals surface area contributed by atoms with Crippen LogP contribution in [0.15, 0.2) is 12.1 Å². The molecular formula is C15H24N2O3S. The topological polar surface area (TPSA) is 67.4 Å². The minimum absolute atomic E-state index is 0.104. The molecule has 2 N–H and O–H groups in total. The van der Waals surface area contributed by atoms with Crippen LogP contribution < -0.4 is 10.6 Å². The van der Waals surface area contributed by atoms with Gasteiger partial charge in [-0.25, -0.2) is 4.79 Å². The van der Waals surface area contributed by atoms with Gasteiger partial charge < -0.3 is 15.4 Å². The fraction of sp³-hybridized carbons (Fsp3) is 0.600. The summed E-state index contributed by atoms with van der Waals surface area (Å²) in [5.74, 6) is 0.310. The van der Waals surface area contributed by atoms with Gasteiger partial charge in [-0.15, -0.1) is 11.3 Å². The molecule has 0 radical (unpaired) electrons. The highest BCUT2D eigenvalue weighted by molar-refractivity contribution is 7.13. The maximum atomic E-state index is 12.0. The lowest BCUT2D eigenvalue weighted by molar-refractivity contribution is 0.0948. The number of hydrogen-bond acceptors (Lipinski definition) is 4. The number of ether oxygens (including phenoxy) is 1. The molecule has 1 rings (SSSR count). The summed E-state index contributed by atoms with van der Waals surface area (Å²) in [6.45, 7) is 8.60. The Morgan fingerprint density at radius 3 is 2.57 bits per heavy atom. The third-order valence-corrected chi connectivity index (χ3v) is 3.83. The van der Waals surface area contributed by atoms with Gasteiger partial charge in [-0.2, -0.15) is 0 Å². The molecule has 0 fully saturated rings. The SMILES string of the molecule is CCOC(=O)N[C@@H](CNC(=O)c1ccc(C)s1)CC(C)C. The molecule has 1 aromatic rings.